The zero-order valence-electron chi connectivity index (χ0n) is 24.4. The summed E-state index contributed by atoms with van der Waals surface area (Å²) >= 11 is 3.63. The van der Waals surface area contributed by atoms with Crippen molar-refractivity contribution in [3.05, 3.63) is 79.6 Å². The summed E-state index contributed by atoms with van der Waals surface area (Å²) in [6, 6.07) is 9.54. The van der Waals surface area contributed by atoms with Gasteiger partial charge in [0.1, 0.15) is 11.4 Å². The number of rotatable bonds is 13. The molecule has 0 bridgehead atoms. The van der Waals surface area contributed by atoms with Crippen molar-refractivity contribution in [3.63, 3.8) is 0 Å². The molecule has 0 atom stereocenters. The first kappa shape index (κ1) is 31.0. The second-order valence-electron chi connectivity index (χ2n) is 9.93. The number of allylic oxidation sites excluding steroid dienone is 1. The normalized spacial score (nSPS) is 11.6. The molecule has 1 N–H and O–H groups in total. The zero-order chi connectivity index (χ0) is 29.4. The lowest BCUT2D eigenvalue weighted by molar-refractivity contribution is -0.384. The lowest BCUT2D eigenvalue weighted by Crippen LogP contribution is -2.28. The van der Waals surface area contributed by atoms with Crippen molar-refractivity contribution in [1.82, 2.24) is 14.9 Å². The smallest absolute Gasteiger partial charge is 0.294 e. The molecule has 0 saturated heterocycles. The second-order valence-corrected chi connectivity index (χ2v) is 10.8. The Morgan fingerprint density at radius 2 is 1.98 bits per heavy atom. The first-order valence-electron chi connectivity index (χ1n) is 13.4. The third-order valence-corrected chi connectivity index (χ3v) is 7.44. The molecular formula is C30H39BrN6O3. The molecule has 3 aromatic rings. The van der Waals surface area contributed by atoms with E-state index in [1.165, 1.54) is 24.3 Å². The van der Waals surface area contributed by atoms with E-state index in [-0.39, 0.29) is 10.6 Å². The van der Waals surface area contributed by atoms with Gasteiger partial charge < -0.3 is 19.9 Å². The molecular weight excluding hydrogens is 572 g/mol. The molecule has 214 valence electrons. The maximum Gasteiger partial charge on any atom is 0.294 e. The summed E-state index contributed by atoms with van der Waals surface area (Å²) in [7, 11) is 7.30. The number of nitrogens with zero attached hydrogens (tertiary/aromatic N) is 5. The number of aryl methyl sites for hydroxylation is 1. The fourth-order valence-electron chi connectivity index (χ4n) is 4.52. The number of nitrogens with one attached hydrogen (secondary N) is 1. The van der Waals surface area contributed by atoms with Gasteiger partial charge in [0.25, 0.3) is 5.69 Å². The quantitative estimate of drug-likeness (QED) is 0.163. The predicted octanol–water partition coefficient (Wildman–Crippen LogP) is 7.00. The van der Waals surface area contributed by atoms with Gasteiger partial charge in [-0.3, -0.25) is 10.1 Å². The van der Waals surface area contributed by atoms with Crippen LogP contribution in [-0.2, 0) is 6.42 Å². The van der Waals surface area contributed by atoms with Crippen molar-refractivity contribution in [2.45, 2.75) is 40.0 Å². The van der Waals surface area contributed by atoms with Crippen LogP contribution in [0.4, 0.5) is 23.0 Å². The number of hydrogen-bond donors (Lipinski definition) is 1. The first-order chi connectivity index (χ1) is 19.1. The Labute approximate surface area is 245 Å². The summed E-state index contributed by atoms with van der Waals surface area (Å²) < 4.78 is 6.37. The molecule has 40 heavy (non-hydrogen) atoms. The van der Waals surface area contributed by atoms with Gasteiger partial charge in [-0.1, -0.05) is 37.6 Å². The van der Waals surface area contributed by atoms with Crippen molar-refractivity contribution in [2.24, 2.45) is 0 Å². The van der Waals surface area contributed by atoms with E-state index in [0.29, 0.717) is 29.6 Å². The molecule has 0 aliphatic rings. The van der Waals surface area contributed by atoms with E-state index < -0.39 is 0 Å². The van der Waals surface area contributed by atoms with E-state index in [9.17, 15) is 10.1 Å². The Bertz CT molecular complexity index is 1380. The highest BCUT2D eigenvalue weighted by molar-refractivity contribution is 9.10. The van der Waals surface area contributed by atoms with Crippen molar-refractivity contribution in [2.75, 3.05) is 51.6 Å². The average molecular weight is 612 g/mol. The molecule has 0 amide bonds. The molecule has 0 unspecified atom stereocenters. The number of anilines is 3. The van der Waals surface area contributed by atoms with Crippen LogP contribution in [0, 0.1) is 17.0 Å². The van der Waals surface area contributed by atoms with Crippen molar-refractivity contribution in [1.29, 1.82) is 0 Å². The summed E-state index contributed by atoms with van der Waals surface area (Å²) in [6.07, 6.45) is 7.05. The van der Waals surface area contributed by atoms with E-state index in [1.807, 2.05) is 43.9 Å². The summed E-state index contributed by atoms with van der Waals surface area (Å²) in [5.41, 5.74) is 6.22. The number of nitro groups is 1. The summed E-state index contributed by atoms with van der Waals surface area (Å²) in [4.78, 5) is 24.8. The van der Waals surface area contributed by atoms with Gasteiger partial charge in [0.15, 0.2) is 0 Å². The Morgan fingerprint density at radius 1 is 1.23 bits per heavy atom. The molecule has 0 radical (unpaired) electrons. The van der Waals surface area contributed by atoms with Gasteiger partial charge in [-0.2, -0.15) is 0 Å². The Morgan fingerprint density at radius 3 is 2.60 bits per heavy atom. The number of ether oxygens (including phenoxy) is 1. The maximum absolute atomic E-state index is 12.0. The van der Waals surface area contributed by atoms with Crippen LogP contribution < -0.4 is 15.0 Å². The van der Waals surface area contributed by atoms with Crippen LogP contribution >= 0.6 is 15.9 Å². The monoisotopic (exact) mass is 610 g/mol. The largest absolute Gasteiger partial charge is 0.494 e. The molecule has 10 heteroatoms. The molecule has 0 aliphatic heterocycles. The molecule has 0 spiro atoms. The van der Waals surface area contributed by atoms with Crippen LogP contribution in [-0.4, -0.2) is 61.1 Å². The van der Waals surface area contributed by atoms with Crippen LogP contribution in [0.3, 0.4) is 0 Å². The number of nitro benzene ring substituents is 1. The van der Waals surface area contributed by atoms with Gasteiger partial charge in [0.2, 0.25) is 5.95 Å². The topological polar surface area (TPSA) is 96.7 Å². The highest BCUT2D eigenvalue weighted by atomic mass is 79.9. The van der Waals surface area contributed by atoms with Gasteiger partial charge in [-0.25, -0.2) is 9.97 Å². The minimum absolute atomic E-state index is 0.0319. The van der Waals surface area contributed by atoms with Crippen molar-refractivity contribution in [3.8, 4) is 5.75 Å². The van der Waals surface area contributed by atoms with E-state index in [0.717, 1.165) is 47.1 Å². The molecule has 9 nitrogen and oxygen atoms in total. The molecule has 3 rings (SSSR count). The van der Waals surface area contributed by atoms with Gasteiger partial charge in [0, 0.05) is 44.0 Å². The van der Waals surface area contributed by atoms with Gasteiger partial charge in [-0.15, -0.1) is 0 Å². The third kappa shape index (κ3) is 7.37. The Hall–Kier alpha value is -3.50. The number of hydrogen-bond acceptors (Lipinski definition) is 8. The van der Waals surface area contributed by atoms with Crippen LogP contribution in [0.5, 0.6) is 5.75 Å². The second kappa shape index (κ2) is 14.2. The predicted molar refractivity (Wildman–Crippen MR) is 167 cm³/mol. The van der Waals surface area contributed by atoms with Crippen LogP contribution in [0.25, 0.3) is 5.57 Å². The third-order valence-electron chi connectivity index (χ3n) is 6.86. The number of methoxy groups -OCH3 is 1. The standard InChI is InChI=1S/C30H39BrN6O3/c1-8-10-12-21-13-11-14-23(20(21)3)22(9-2)29-24(31)19-32-30(34-29)33-25-17-27(37(38)39)26(18-28(25)40-7)36(6)16-15-35(4)5/h9,11,13-14,17-19H,8,10,12,15-16H2,1-7H3,(H,32,33,34)/b22-9+. The fourth-order valence-corrected chi connectivity index (χ4v) is 4.92. The molecule has 1 aromatic heterocycles. The summed E-state index contributed by atoms with van der Waals surface area (Å²) in [5.74, 6) is 0.759. The lowest BCUT2D eigenvalue weighted by atomic mass is 9.92. The van der Waals surface area contributed by atoms with Crippen LogP contribution in [0.15, 0.2) is 47.1 Å². The number of halogens is 1. The fraction of sp³-hybridized carbons (Fsp3) is 0.400. The minimum Gasteiger partial charge on any atom is -0.494 e. The summed E-state index contributed by atoms with van der Waals surface area (Å²) in [5, 5.41) is 15.2. The zero-order valence-corrected chi connectivity index (χ0v) is 26.0. The minimum atomic E-state index is -0.383. The lowest BCUT2D eigenvalue weighted by Gasteiger charge is -2.23. The van der Waals surface area contributed by atoms with Gasteiger partial charge >= 0.3 is 0 Å². The molecule has 0 saturated carbocycles. The van der Waals surface area contributed by atoms with Gasteiger partial charge in [0.05, 0.1) is 27.9 Å². The number of unbranched alkanes of at least 4 members (excludes halogenated alkanes) is 1. The molecule has 0 fully saturated rings. The van der Waals surface area contributed by atoms with E-state index >= 15 is 0 Å². The highest BCUT2D eigenvalue weighted by Crippen LogP contribution is 2.39. The van der Waals surface area contributed by atoms with Crippen LogP contribution in [0.1, 0.15) is 49.1 Å². The first-order valence-corrected chi connectivity index (χ1v) is 14.2. The van der Waals surface area contributed by atoms with E-state index in [4.69, 9.17) is 9.72 Å². The van der Waals surface area contributed by atoms with Crippen molar-refractivity contribution >= 4 is 44.5 Å². The SMILES string of the molecule is C/C=C(\c1cccc(CCCC)c1C)c1nc(Nc2cc([N+](=O)[O-])c(N(C)CCN(C)C)cc2OC)ncc1Br. The van der Waals surface area contributed by atoms with E-state index in [2.05, 4.69) is 58.3 Å². The maximum atomic E-state index is 12.0. The number of likely N-dealkylation sites (N-methyl/N-ethyl adjacent to an activating group) is 2. The Balaban J connectivity index is 2.02. The van der Waals surface area contributed by atoms with Crippen molar-refractivity contribution < 1.29 is 9.66 Å². The Kier molecular flexibility index (Phi) is 11.0. The highest BCUT2D eigenvalue weighted by Gasteiger charge is 2.23. The van der Waals surface area contributed by atoms with Gasteiger partial charge in [-0.05, 0) is 73.4 Å². The van der Waals surface area contributed by atoms with Crippen LogP contribution in [0.2, 0.25) is 0 Å². The van der Waals surface area contributed by atoms with E-state index in [1.54, 1.807) is 12.3 Å². The molecule has 1 heterocycles. The summed E-state index contributed by atoms with van der Waals surface area (Å²) in [6.45, 7) is 7.71. The number of benzene rings is 2. The average Bonchev–Trinajstić information content (AvgIpc) is 2.93. The molecule has 0 aliphatic carbocycles. The molecule has 2 aromatic carbocycles. The number of aromatic nitrogens is 2.